The minimum atomic E-state index is -0.741. The van der Waals surface area contributed by atoms with Gasteiger partial charge in [-0.05, 0) is 36.4 Å². The van der Waals surface area contributed by atoms with Gasteiger partial charge in [0, 0.05) is 19.6 Å². The number of nitrogens with one attached hydrogen (secondary N) is 1. The molecular formula is C23H20F2N6O2. The monoisotopic (exact) mass is 450 g/mol. The molecule has 0 unspecified atom stereocenters. The van der Waals surface area contributed by atoms with Crippen LogP contribution in [0.5, 0.6) is 0 Å². The topological polar surface area (TPSA) is 84.7 Å². The number of fused-ring (bicyclic) bond motifs is 1. The quantitative estimate of drug-likeness (QED) is 0.503. The van der Waals surface area contributed by atoms with Crippen molar-refractivity contribution >= 4 is 17.4 Å². The van der Waals surface area contributed by atoms with E-state index in [1.54, 1.807) is 12.1 Å². The lowest BCUT2D eigenvalue weighted by molar-refractivity contribution is 0.0337. The van der Waals surface area contributed by atoms with Crippen LogP contribution in [0.4, 0.5) is 14.6 Å². The van der Waals surface area contributed by atoms with Crippen molar-refractivity contribution in [3.8, 4) is 11.3 Å². The summed E-state index contributed by atoms with van der Waals surface area (Å²) < 4.78 is 35.0. The first kappa shape index (κ1) is 21.1. The summed E-state index contributed by atoms with van der Waals surface area (Å²) in [5.74, 6) is -1.59. The molecule has 0 atom stereocenters. The number of aromatic nitrogens is 4. The van der Waals surface area contributed by atoms with Gasteiger partial charge in [0.05, 0.1) is 36.4 Å². The summed E-state index contributed by atoms with van der Waals surface area (Å²) >= 11 is 0. The van der Waals surface area contributed by atoms with E-state index in [1.807, 2.05) is 12.1 Å². The number of carbonyl (C=O) groups is 1. The standard InChI is InChI=1S/C23H20F2N6O2/c24-16-4-2-5-17(25)22(16)18-7-8-21-26-13-19(31(21)29-18)23(32)28-20-6-1-3-15(27-20)14-30-9-11-33-12-10-30/h1-8,13H,9-12,14H2,(H,27,28,32). The van der Waals surface area contributed by atoms with Gasteiger partial charge in [0.15, 0.2) is 11.3 Å². The Kier molecular flexibility index (Phi) is 5.76. The van der Waals surface area contributed by atoms with Crippen LogP contribution in [0.25, 0.3) is 16.9 Å². The Bertz CT molecular complexity index is 1300. The minimum absolute atomic E-state index is 0.0517. The molecule has 1 aliphatic rings. The SMILES string of the molecule is O=C(Nc1cccc(CN2CCOCC2)n1)c1cnc2ccc(-c3c(F)cccc3F)nn12. The average Bonchev–Trinajstić information content (AvgIpc) is 3.23. The smallest absolute Gasteiger partial charge is 0.277 e. The van der Waals surface area contributed by atoms with Gasteiger partial charge in [-0.1, -0.05) is 12.1 Å². The van der Waals surface area contributed by atoms with Crippen molar-refractivity contribution in [2.75, 3.05) is 31.6 Å². The zero-order valence-corrected chi connectivity index (χ0v) is 17.5. The van der Waals surface area contributed by atoms with Crippen molar-refractivity contribution in [2.45, 2.75) is 6.54 Å². The van der Waals surface area contributed by atoms with Gasteiger partial charge in [-0.2, -0.15) is 5.10 Å². The second-order valence-electron chi connectivity index (χ2n) is 7.59. The van der Waals surface area contributed by atoms with Crippen molar-refractivity contribution in [1.29, 1.82) is 0 Å². The van der Waals surface area contributed by atoms with Gasteiger partial charge in [-0.15, -0.1) is 0 Å². The highest BCUT2D eigenvalue weighted by Crippen LogP contribution is 2.24. The molecule has 1 aliphatic heterocycles. The third-order valence-corrected chi connectivity index (χ3v) is 5.35. The van der Waals surface area contributed by atoms with Crippen molar-refractivity contribution in [3.63, 3.8) is 0 Å². The second kappa shape index (κ2) is 9.00. The Balaban J connectivity index is 1.39. The maximum Gasteiger partial charge on any atom is 0.277 e. The molecule has 1 amide bonds. The molecule has 0 spiro atoms. The second-order valence-corrected chi connectivity index (χ2v) is 7.59. The number of ether oxygens (including phenoxy) is 1. The first-order valence-corrected chi connectivity index (χ1v) is 10.4. The van der Waals surface area contributed by atoms with E-state index in [9.17, 15) is 13.6 Å². The molecule has 1 fully saturated rings. The number of rotatable bonds is 5. The van der Waals surface area contributed by atoms with Crippen LogP contribution < -0.4 is 5.32 Å². The van der Waals surface area contributed by atoms with Crippen molar-refractivity contribution in [3.05, 3.63) is 77.8 Å². The highest BCUT2D eigenvalue weighted by molar-refractivity contribution is 6.02. The summed E-state index contributed by atoms with van der Waals surface area (Å²) in [6.45, 7) is 3.70. The number of pyridine rings is 1. The molecule has 4 aromatic rings. The number of anilines is 1. The fourth-order valence-corrected chi connectivity index (χ4v) is 3.71. The maximum atomic E-state index is 14.2. The highest BCUT2D eigenvalue weighted by atomic mass is 19.1. The molecule has 0 bridgehead atoms. The van der Waals surface area contributed by atoms with E-state index in [2.05, 4.69) is 25.3 Å². The van der Waals surface area contributed by atoms with E-state index >= 15 is 0 Å². The van der Waals surface area contributed by atoms with E-state index in [4.69, 9.17) is 4.74 Å². The summed E-state index contributed by atoms with van der Waals surface area (Å²) in [7, 11) is 0. The van der Waals surface area contributed by atoms with Gasteiger partial charge in [0.1, 0.15) is 17.5 Å². The molecule has 33 heavy (non-hydrogen) atoms. The molecule has 10 heteroatoms. The first-order chi connectivity index (χ1) is 16.1. The highest BCUT2D eigenvalue weighted by Gasteiger charge is 2.18. The Morgan fingerprint density at radius 2 is 1.79 bits per heavy atom. The molecule has 3 aromatic heterocycles. The fraction of sp³-hybridized carbons (Fsp3) is 0.217. The van der Waals surface area contributed by atoms with Crippen LogP contribution in [0, 0.1) is 11.6 Å². The number of hydrogen-bond acceptors (Lipinski definition) is 6. The predicted molar refractivity (Wildman–Crippen MR) is 117 cm³/mol. The van der Waals surface area contributed by atoms with Gasteiger partial charge in [-0.25, -0.2) is 23.3 Å². The summed E-state index contributed by atoms with van der Waals surface area (Å²) in [5, 5.41) is 7.01. The zero-order chi connectivity index (χ0) is 22.8. The Morgan fingerprint density at radius 1 is 1.03 bits per heavy atom. The lowest BCUT2D eigenvalue weighted by atomic mass is 10.1. The van der Waals surface area contributed by atoms with E-state index in [0.29, 0.717) is 31.2 Å². The summed E-state index contributed by atoms with van der Waals surface area (Å²) in [5.41, 5.74) is 1.09. The number of halogens is 2. The van der Waals surface area contributed by atoms with Crippen LogP contribution in [0.15, 0.2) is 54.7 Å². The lowest BCUT2D eigenvalue weighted by Crippen LogP contribution is -2.35. The normalized spacial score (nSPS) is 14.5. The van der Waals surface area contributed by atoms with Crippen LogP contribution in [0.3, 0.4) is 0 Å². The Morgan fingerprint density at radius 3 is 2.58 bits per heavy atom. The molecule has 0 saturated carbocycles. The number of nitrogens with zero attached hydrogens (tertiary/aromatic N) is 5. The minimum Gasteiger partial charge on any atom is -0.379 e. The molecule has 1 N–H and O–H groups in total. The van der Waals surface area contributed by atoms with Crippen LogP contribution in [0.2, 0.25) is 0 Å². The third kappa shape index (κ3) is 4.43. The molecule has 1 saturated heterocycles. The van der Waals surface area contributed by atoms with E-state index in [-0.39, 0.29) is 17.0 Å². The molecule has 5 rings (SSSR count). The summed E-state index contributed by atoms with van der Waals surface area (Å²) in [6.07, 6.45) is 1.36. The average molecular weight is 450 g/mol. The van der Waals surface area contributed by atoms with E-state index < -0.39 is 17.5 Å². The Labute approximate surface area is 187 Å². The molecule has 0 aliphatic carbocycles. The number of imidazole rings is 1. The first-order valence-electron chi connectivity index (χ1n) is 10.4. The van der Waals surface area contributed by atoms with E-state index in [0.717, 1.165) is 30.9 Å². The van der Waals surface area contributed by atoms with Gasteiger partial charge < -0.3 is 10.1 Å². The predicted octanol–water partition coefficient (Wildman–Crippen LogP) is 3.15. The zero-order valence-electron chi connectivity index (χ0n) is 17.5. The molecular weight excluding hydrogens is 430 g/mol. The van der Waals surface area contributed by atoms with Gasteiger partial charge >= 0.3 is 0 Å². The summed E-state index contributed by atoms with van der Waals surface area (Å²) in [6, 6.07) is 12.0. The Hall–Kier alpha value is -3.76. The molecule has 1 aromatic carbocycles. The fourth-order valence-electron chi connectivity index (χ4n) is 3.71. The summed E-state index contributed by atoms with van der Waals surface area (Å²) in [4.78, 5) is 23.9. The number of amides is 1. The van der Waals surface area contributed by atoms with Gasteiger partial charge in [0.2, 0.25) is 0 Å². The maximum absolute atomic E-state index is 14.2. The largest absolute Gasteiger partial charge is 0.379 e. The van der Waals surface area contributed by atoms with Gasteiger partial charge in [0.25, 0.3) is 5.91 Å². The number of carbonyl (C=O) groups excluding carboxylic acids is 1. The molecule has 0 radical (unpaired) electrons. The van der Waals surface area contributed by atoms with Crippen LogP contribution >= 0.6 is 0 Å². The number of benzene rings is 1. The van der Waals surface area contributed by atoms with Crippen molar-refractivity contribution < 1.29 is 18.3 Å². The number of morpholine rings is 1. The third-order valence-electron chi connectivity index (χ3n) is 5.35. The molecule has 8 nitrogen and oxygen atoms in total. The van der Waals surface area contributed by atoms with Crippen molar-refractivity contribution in [2.24, 2.45) is 0 Å². The lowest BCUT2D eigenvalue weighted by Gasteiger charge is -2.26. The van der Waals surface area contributed by atoms with E-state index in [1.165, 1.54) is 22.8 Å². The number of hydrogen-bond donors (Lipinski definition) is 1. The van der Waals surface area contributed by atoms with Crippen LogP contribution in [-0.4, -0.2) is 56.7 Å². The van der Waals surface area contributed by atoms with Crippen LogP contribution in [-0.2, 0) is 11.3 Å². The van der Waals surface area contributed by atoms with Gasteiger partial charge in [-0.3, -0.25) is 9.69 Å². The van der Waals surface area contributed by atoms with Crippen LogP contribution in [0.1, 0.15) is 16.2 Å². The molecule has 168 valence electrons. The van der Waals surface area contributed by atoms with Crippen molar-refractivity contribution in [1.82, 2.24) is 24.5 Å². The molecule has 4 heterocycles.